The molecule has 2 heteroatoms. The van der Waals surface area contributed by atoms with E-state index in [-0.39, 0.29) is 12.1 Å². The van der Waals surface area contributed by atoms with Crippen LogP contribution in [0.5, 0.6) is 0 Å². The third kappa shape index (κ3) is 2.34. The molecule has 1 rings (SSSR count). The zero-order chi connectivity index (χ0) is 10.6. The first-order valence-electron chi connectivity index (χ1n) is 4.99. The van der Waals surface area contributed by atoms with Crippen LogP contribution in [0.15, 0.2) is 24.3 Å². The van der Waals surface area contributed by atoms with Crippen molar-refractivity contribution in [2.24, 2.45) is 0 Å². The van der Waals surface area contributed by atoms with Gasteiger partial charge in [-0.05, 0) is 32.9 Å². The zero-order valence-corrected chi connectivity index (χ0v) is 9.17. The molecule has 1 aromatic carbocycles. The summed E-state index contributed by atoms with van der Waals surface area (Å²) in [4.78, 5) is 0. The van der Waals surface area contributed by atoms with Crippen molar-refractivity contribution in [3.05, 3.63) is 35.4 Å². The first-order chi connectivity index (χ1) is 6.62. The molecule has 0 fully saturated rings. The van der Waals surface area contributed by atoms with Crippen LogP contribution in [-0.2, 0) is 5.54 Å². The molecular formula is C12H19NO. The summed E-state index contributed by atoms with van der Waals surface area (Å²) >= 11 is 0. The molecule has 0 saturated carbocycles. The number of aryl methyl sites for hydroxylation is 1. The van der Waals surface area contributed by atoms with Crippen LogP contribution in [0.25, 0.3) is 0 Å². The normalized spacial score (nSPS) is 15.1. The van der Waals surface area contributed by atoms with Crippen molar-refractivity contribution in [1.82, 2.24) is 5.32 Å². The van der Waals surface area contributed by atoms with Gasteiger partial charge in [0.25, 0.3) is 0 Å². The predicted molar refractivity (Wildman–Crippen MR) is 59.3 cm³/mol. The van der Waals surface area contributed by atoms with Gasteiger partial charge in [-0.1, -0.05) is 29.8 Å². The lowest BCUT2D eigenvalue weighted by Crippen LogP contribution is -2.37. The van der Waals surface area contributed by atoms with Crippen LogP contribution in [0, 0.1) is 6.92 Å². The molecule has 0 aliphatic carbocycles. The molecule has 0 heterocycles. The Balaban J connectivity index is 2.94. The van der Waals surface area contributed by atoms with Crippen LogP contribution in [0.2, 0.25) is 0 Å². The second-order valence-corrected chi connectivity index (χ2v) is 3.92. The molecule has 78 valence electrons. The highest BCUT2D eigenvalue weighted by Crippen LogP contribution is 2.23. The van der Waals surface area contributed by atoms with Gasteiger partial charge < -0.3 is 10.4 Å². The number of rotatable bonds is 4. The smallest absolute Gasteiger partial charge is 0.0451 e. The van der Waals surface area contributed by atoms with E-state index in [0.29, 0.717) is 0 Å². The summed E-state index contributed by atoms with van der Waals surface area (Å²) in [6.45, 7) is 4.38. The first-order valence-corrected chi connectivity index (χ1v) is 4.99. The summed E-state index contributed by atoms with van der Waals surface area (Å²) in [5.74, 6) is 0. The van der Waals surface area contributed by atoms with Crippen molar-refractivity contribution in [3.63, 3.8) is 0 Å². The van der Waals surface area contributed by atoms with E-state index in [4.69, 9.17) is 5.11 Å². The highest BCUT2D eigenvalue weighted by atomic mass is 16.3. The van der Waals surface area contributed by atoms with E-state index in [2.05, 4.69) is 43.4 Å². The van der Waals surface area contributed by atoms with Crippen LogP contribution in [0.3, 0.4) is 0 Å². The standard InChI is InChI=1S/C12H19NO/c1-10-4-6-11(7-5-10)12(2,13-3)8-9-14/h4-7,13-14H,8-9H2,1-3H3. The average molecular weight is 193 g/mol. The number of hydrogen-bond donors (Lipinski definition) is 2. The van der Waals surface area contributed by atoms with Gasteiger partial charge in [0, 0.05) is 12.1 Å². The van der Waals surface area contributed by atoms with Crippen LogP contribution in [0.4, 0.5) is 0 Å². The Morgan fingerprint density at radius 3 is 2.29 bits per heavy atom. The Morgan fingerprint density at radius 2 is 1.86 bits per heavy atom. The fraction of sp³-hybridized carbons (Fsp3) is 0.500. The predicted octanol–water partition coefficient (Wildman–Crippen LogP) is 1.81. The van der Waals surface area contributed by atoms with Crippen LogP contribution in [-0.4, -0.2) is 18.8 Å². The lowest BCUT2D eigenvalue weighted by molar-refractivity contribution is 0.228. The van der Waals surface area contributed by atoms with Crippen molar-refractivity contribution in [2.45, 2.75) is 25.8 Å². The van der Waals surface area contributed by atoms with Gasteiger partial charge in [0.15, 0.2) is 0 Å². The summed E-state index contributed by atoms with van der Waals surface area (Å²) in [5, 5.41) is 12.3. The largest absolute Gasteiger partial charge is 0.396 e. The molecule has 0 aliphatic heterocycles. The molecule has 14 heavy (non-hydrogen) atoms. The number of hydrogen-bond acceptors (Lipinski definition) is 2. The van der Waals surface area contributed by atoms with E-state index in [1.54, 1.807) is 0 Å². The Morgan fingerprint density at radius 1 is 1.29 bits per heavy atom. The molecule has 1 atom stereocenters. The van der Waals surface area contributed by atoms with Gasteiger partial charge in [-0.25, -0.2) is 0 Å². The summed E-state index contributed by atoms with van der Waals surface area (Å²) < 4.78 is 0. The van der Waals surface area contributed by atoms with Gasteiger partial charge in [0.1, 0.15) is 0 Å². The van der Waals surface area contributed by atoms with Gasteiger partial charge in [-0.3, -0.25) is 0 Å². The van der Waals surface area contributed by atoms with E-state index < -0.39 is 0 Å². The zero-order valence-electron chi connectivity index (χ0n) is 9.17. The van der Waals surface area contributed by atoms with E-state index >= 15 is 0 Å². The third-order valence-electron chi connectivity index (χ3n) is 2.85. The van der Waals surface area contributed by atoms with E-state index in [1.165, 1.54) is 11.1 Å². The fourth-order valence-corrected chi connectivity index (χ4v) is 1.56. The van der Waals surface area contributed by atoms with E-state index in [0.717, 1.165) is 6.42 Å². The molecule has 0 aliphatic rings. The molecular weight excluding hydrogens is 174 g/mol. The average Bonchev–Trinajstić information content (AvgIpc) is 2.19. The molecule has 0 spiro atoms. The maximum Gasteiger partial charge on any atom is 0.0451 e. The van der Waals surface area contributed by atoms with Gasteiger partial charge in [0.05, 0.1) is 0 Å². The molecule has 0 amide bonds. The Labute approximate surface area is 86.0 Å². The molecule has 0 aromatic heterocycles. The van der Waals surface area contributed by atoms with Gasteiger partial charge >= 0.3 is 0 Å². The van der Waals surface area contributed by atoms with E-state index in [1.807, 2.05) is 7.05 Å². The minimum absolute atomic E-state index is 0.123. The lowest BCUT2D eigenvalue weighted by Gasteiger charge is -2.29. The van der Waals surface area contributed by atoms with Crippen molar-refractivity contribution < 1.29 is 5.11 Å². The van der Waals surface area contributed by atoms with Gasteiger partial charge in [-0.2, -0.15) is 0 Å². The molecule has 0 radical (unpaired) electrons. The summed E-state index contributed by atoms with van der Waals surface area (Å²) in [6, 6.07) is 8.42. The number of aliphatic hydroxyl groups excluding tert-OH is 1. The fourth-order valence-electron chi connectivity index (χ4n) is 1.56. The Bertz CT molecular complexity index is 281. The van der Waals surface area contributed by atoms with Crippen molar-refractivity contribution >= 4 is 0 Å². The number of benzene rings is 1. The lowest BCUT2D eigenvalue weighted by atomic mass is 9.88. The van der Waals surface area contributed by atoms with Crippen molar-refractivity contribution in [2.75, 3.05) is 13.7 Å². The molecule has 0 saturated heterocycles. The molecule has 1 unspecified atom stereocenters. The van der Waals surface area contributed by atoms with Crippen LogP contribution >= 0.6 is 0 Å². The highest BCUT2D eigenvalue weighted by Gasteiger charge is 2.23. The topological polar surface area (TPSA) is 32.3 Å². The summed E-state index contributed by atoms with van der Waals surface area (Å²) in [5.41, 5.74) is 2.36. The first kappa shape index (κ1) is 11.2. The molecule has 0 bridgehead atoms. The second kappa shape index (κ2) is 4.58. The van der Waals surface area contributed by atoms with Crippen LogP contribution in [0.1, 0.15) is 24.5 Å². The van der Waals surface area contributed by atoms with Crippen molar-refractivity contribution in [3.8, 4) is 0 Å². The molecule has 1 aromatic rings. The quantitative estimate of drug-likeness (QED) is 0.764. The summed E-state index contributed by atoms with van der Waals surface area (Å²) in [7, 11) is 1.93. The van der Waals surface area contributed by atoms with E-state index in [9.17, 15) is 0 Å². The highest BCUT2D eigenvalue weighted by molar-refractivity contribution is 5.27. The monoisotopic (exact) mass is 193 g/mol. The van der Waals surface area contributed by atoms with Crippen LogP contribution < -0.4 is 5.32 Å². The Hall–Kier alpha value is -0.860. The maximum atomic E-state index is 9.01. The number of nitrogens with one attached hydrogen (secondary N) is 1. The SMILES string of the molecule is CNC(C)(CCO)c1ccc(C)cc1. The minimum atomic E-state index is -0.123. The Kier molecular flexibility index (Phi) is 3.67. The number of aliphatic hydroxyl groups is 1. The third-order valence-corrected chi connectivity index (χ3v) is 2.85. The minimum Gasteiger partial charge on any atom is -0.396 e. The maximum absolute atomic E-state index is 9.01. The van der Waals surface area contributed by atoms with Gasteiger partial charge in [-0.15, -0.1) is 0 Å². The molecule has 2 N–H and O–H groups in total. The van der Waals surface area contributed by atoms with Crippen molar-refractivity contribution in [1.29, 1.82) is 0 Å². The summed E-state index contributed by atoms with van der Waals surface area (Å²) in [6.07, 6.45) is 0.729. The second-order valence-electron chi connectivity index (χ2n) is 3.92. The van der Waals surface area contributed by atoms with Gasteiger partial charge in [0.2, 0.25) is 0 Å². The molecule has 2 nitrogen and oxygen atoms in total.